The largest absolute Gasteiger partial charge is 0.240 e. The normalized spacial score (nSPS) is 10.9. The van der Waals surface area contributed by atoms with Gasteiger partial charge in [-0.05, 0) is 11.1 Å². The molecule has 0 aliphatic carbocycles. The number of benzene rings is 3. The Labute approximate surface area is 141 Å². The Morgan fingerprint density at radius 1 is 0.625 bits per heavy atom. The molecule has 0 saturated heterocycles. The van der Waals surface area contributed by atoms with Gasteiger partial charge >= 0.3 is 0 Å². The first-order valence-corrected chi connectivity index (χ1v) is 7.99. The summed E-state index contributed by atoms with van der Waals surface area (Å²) in [6.07, 6.45) is 2.01. The van der Waals surface area contributed by atoms with Crippen molar-refractivity contribution >= 4 is 0 Å². The second kappa shape index (κ2) is 6.50. The van der Waals surface area contributed by atoms with Crippen LogP contribution < -0.4 is 0 Å². The molecule has 0 aliphatic heterocycles. The Morgan fingerprint density at radius 2 is 1.12 bits per heavy atom. The zero-order valence-electron chi connectivity index (χ0n) is 13.2. The molecule has 0 spiro atoms. The Bertz CT molecular complexity index is 860. The van der Waals surface area contributed by atoms with Gasteiger partial charge in [0.2, 0.25) is 0 Å². The lowest BCUT2D eigenvalue weighted by Gasteiger charge is -2.17. The summed E-state index contributed by atoms with van der Waals surface area (Å²) >= 11 is 0. The molecule has 116 valence electrons. The van der Waals surface area contributed by atoms with Gasteiger partial charge in [0, 0.05) is 5.56 Å². The molecule has 3 aromatic carbocycles. The molecule has 0 N–H and O–H groups in total. The van der Waals surface area contributed by atoms with E-state index in [0.717, 1.165) is 11.3 Å². The predicted octanol–water partition coefficient (Wildman–Crippen LogP) is 4.58. The van der Waals surface area contributed by atoms with E-state index < -0.39 is 0 Å². The van der Waals surface area contributed by atoms with Gasteiger partial charge in [-0.15, -0.1) is 5.10 Å². The first-order valence-electron chi connectivity index (χ1n) is 7.99. The van der Waals surface area contributed by atoms with Crippen molar-refractivity contribution in [3.63, 3.8) is 0 Å². The molecule has 0 atom stereocenters. The topological polar surface area (TPSA) is 30.7 Å². The highest BCUT2D eigenvalue weighted by atomic mass is 15.4. The molecule has 0 fully saturated rings. The minimum absolute atomic E-state index is 0.0114. The maximum absolute atomic E-state index is 4.41. The van der Waals surface area contributed by atoms with Crippen molar-refractivity contribution in [2.75, 3.05) is 0 Å². The van der Waals surface area contributed by atoms with Crippen LogP contribution in [0.4, 0.5) is 0 Å². The van der Waals surface area contributed by atoms with Crippen LogP contribution in [0.25, 0.3) is 11.3 Å². The summed E-state index contributed by atoms with van der Waals surface area (Å²) in [7, 11) is 0. The highest BCUT2D eigenvalue weighted by Crippen LogP contribution is 2.27. The molecule has 1 heterocycles. The van der Waals surface area contributed by atoms with Crippen molar-refractivity contribution in [2.24, 2.45) is 0 Å². The Hall–Kier alpha value is -3.20. The van der Waals surface area contributed by atoms with Crippen molar-refractivity contribution in [1.29, 1.82) is 0 Å². The molecule has 0 radical (unpaired) electrons. The first kappa shape index (κ1) is 14.4. The van der Waals surface area contributed by atoms with E-state index in [9.17, 15) is 0 Å². The summed E-state index contributed by atoms with van der Waals surface area (Å²) in [5, 5.41) is 8.78. The quantitative estimate of drug-likeness (QED) is 0.552. The summed E-state index contributed by atoms with van der Waals surface area (Å²) in [5.41, 5.74) is 4.33. The summed E-state index contributed by atoms with van der Waals surface area (Å²) in [6, 6.07) is 30.9. The van der Waals surface area contributed by atoms with Gasteiger partial charge in [0.05, 0.1) is 6.20 Å². The van der Waals surface area contributed by atoms with Crippen LogP contribution in [0.1, 0.15) is 17.2 Å². The van der Waals surface area contributed by atoms with Crippen molar-refractivity contribution in [3.8, 4) is 11.3 Å². The molecular formula is C21H17N3. The summed E-state index contributed by atoms with van der Waals surface area (Å²) in [6.45, 7) is 0. The van der Waals surface area contributed by atoms with E-state index in [0.29, 0.717) is 0 Å². The summed E-state index contributed by atoms with van der Waals surface area (Å²) in [4.78, 5) is 0. The SMILES string of the molecule is c1ccc(-c2cn(C(c3ccccc3)c3ccccc3)nn2)cc1. The molecule has 0 aliphatic rings. The first-order chi connectivity index (χ1) is 11.9. The lowest BCUT2D eigenvalue weighted by atomic mass is 9.99. The van der Waals surface area contributed by atoms with Gasteiger partial charge in [-0.1, -0.05) is 96.2 Å². The fraction of sp³-hybridized carbons (Fsp3) is 0.0476. The molecule has 0 amide bonds. The van der Waals surface area contributed by atoms with Crippen LogP contribution in [0, 0.1) is 0 Å². The van der Waals surface area contributed by atoms with E-state index >= 15 is 0 Å². The van der Waals surface area contributed by atoms with Crippen molar-refractivity contribution in [3.05, 3.63) is 108 Å². The van der Waals surface area contributed by atoms with E-state index in [1.807, 2.05) is 53.3 Å². The fourth-order valence-corrected chi connectivity index (χ4v) is 2.91. The minimum Gasteiger partial charge on any atom is -0.240 e. The van der Waals surface area contributed by atoms with Crippen LogP contribution in [-0.2, 0) is 0 Å². The van der Waals surface area contributed by atoms with E-state index in [4.69, 9.17) is 0 Å². The maximum atomic E-state index is 4.41. The van der Waals surface area contributed by atoms with E-state index in [1.54, 1.807) is 0 Å². The molecule has 24 heavy (non-hydrogen) atoms. The molecular weight excluding hydrogens is 294 g/mol. The summed E-state index contributed by atoms with van der Waals surface area (Å²) < 4.78 is 1.94. The molecule has 3 nitrogen and oxygen atoms in total. The van der Waals surface area contributed by atoms with Gasteiger partial charge in [0.25, 0.3) is 0 Å². The van der Waals surface area contributed by atoms with Crippen LogP contribution in [-0.4, -0.2) is 15.0 Å². The highest BCUT2D eigenvalue weighted by molar-refractivity contribution is 5.57. The van der Waals surface area contributed by atoms with Crippen LogP contribution in [0.3, 0.4) is 0 Å². The second-order valence-corrected chi connectivity index (χ2v) is 5.67. The Balaban J connectivity index is 1.79. The minimum atomic E-state index is 0.0114. The van der Waals surface area contributed by atoms with Crippen LogP contribution in [0.2, 0.25) is 0 Å². The molecule has 1 aromatic heterocycles. The van der Waals surface area contributed by atoms with E-state index in [-0.39, 0.29) is 6.04 Å². The van der Waals surface area contributed by atoms with Gasteiger partial charge in [0.1, 0.15) is 11.7 Å². The lowest BCUT2D eigenvalue weighted by Crippen LogP contribution is -2.13. The van der Waals surface area contributed by atoms with Crippen molar-refractivity contribution in [1.82, 2.24) is 15.0 Å². The van der Waals surface area contributed by atoms with Crippen LogP contribution in [0.5, 0.6) is 0 Å². The molecule has 4 rings (SSSR count). The maximum Gasteiger partial charge on any atom is 0.113 e. The number of rotatable bonds is 4. The van der Waals surface area contributed by atoms with Crippen molar-refractivity contribution < 1.29 is 0 Å². The van der Waals surface area contributed by atoms with Gasteiger partial charge in [-0.2, -0.15) is 0 Å². The molecule has 0 saturated carbocycles. The van der Waals surface area contributed by atoms with Gasteiger partial charge in [0.15, 0.2) is 0 Å². The van der Waals surface area contributed by atoms with Crippen molar-refractivity contribution in [2.45, 2.75) is 6.04 Å². The average molecular weight is 311 g/mol. The fourth-order valence-electron chi connectivity index (χ4n) is 2.91. The lowest BCUT2D eigenvalue weighted by molar-refractivity contribution is 0.571. The highest BCUT2D eigenvalue weighted by Gasteiger charge is 2.18. The molecule has 4 aromatic rings. The number of aromatic nitrogens is 3. The van der Waals surface area contributed by atoms with Gasteiger partial charge < -0.3 is 0 Å². The molecule has 0 unspecified atom stereocenters. The van der Waals surface area contributed by atoms with Gasteiger partial charge in [-0.3, -0.25) is 0 Å². The third-order valence-electron chi connectivity index (χ3n) is 4.08. The third kappa shape index (κ3) is 2.84. The smallest absolute Gasteiger partial charge is 0.113 e. The number of nitrogens with zero attached hydrogens (tertiary/aromatic N) is 3. The monoisotopic (exact) mass is 311 g/mol. The average Bonchev–Trinajstić information content (AvgIpc) is 3.14. The predicted molar refractivity (Wildman–Crippen MR) is 95.6 cm³/mol. The zero-order valence-corrected chi connectivity index (χ0v) is 13.2. The summed E-state index contributed by atoms with van der Waals surface area (Å²) in [5.74, 6) is 0. The standard InChI is InChI=1S/C21H17N3/c1-4-10-17(11-5-1)20-16-24(23-22-20)21(18-12-6-2-7-13-18)19-14-8-3-9-15-19/h1-16,21H. The number of hydrogen-bond donors (Lipinski definition) is 0. The second-order valence-electron chi connectivity index (χ2n) is 5.67. The molecule has 0 bridgehead atoms. The van der Waals surface area contributed by atoms with Crippen LogP contribution in [0.15, 0.2) is 97.2 Å². The molecule has 3 heteroatoms. The Kier molecular flexibility index (Phi) is 3.90. The number of hydrogen-bond acceptors (Lipinski definition) is 2. The van der Waals surface area contributed by atoms with Gasteiger partial charge in [-0.25, -0.2) is 4.68 Å². The van der Waals surface area contributed by atoms with Crippen LogP contribution >= 0.6 is 0 Å². The van der Waals surface area contributed by atoms with E-state index in [2.05, 4.69) is 58.8 Å². The van der Waals surface area contributed by atoms with E-state index in [1.165, 1.54) is 11.1 Å². The zero-order chi connectivity index (χ0) is 16.2. The third-order valence-corrected chi connectivity index (χ3v) is 4.08. The Morgan fingerprint density at radius 3 is 1.67 bits per heavy atom.